The molecule has 0 saturated heterocycles. The zero-order valence-electron chi connectivity index (χ0n) is 5.71. The molecule has 2 unspecified atom stereocenters. The quantitative estimate of drug-likeness (QED) is 0.540. The number of fused-ring (bicyclic) bond motifs is 1. The molecule has 2 nitrogen and oxygen atoms in total. The molecule has 0 radical (unpaired) electrons. The number of aldehydes is 1. The van der Waals surface area contributed by atoms with Crippen LogP contribution >= 0.6 is 0 Å². The van der Waals surface area contributed by atoms with Crippen molar-refractivity contribution in [2.45, 2.75) is 24.9 Å². The van der Waals surface area contributed by atoms with Crippen molar-refractivity contribution in [3.8, 4) is 0 Å². The molecule has 1 N–H and O–H groups in total. The largest absolute Gasteiger partial charge is 0.384 e. The third kappa shape index (κ3) is 0.504. The lowest BCUT2D eigenvalue weighted by Gasteiger charge is -2.37. The van der Waals surface area contributed by atoms with Gasteiger partial charge in [-0.3, -0.25) is 4.79 Å². The zero-order chi connectivity index (χ0) is 7.19. The molecular weight excluding hydrogens is 128 g/mol. The molecule has 0 spiro atoms. The van der Waals surface area contributed by atoms with Gasteiger partial charge < -0.3 is 5.11 Å². The minimum Gasteiger partial charge on any atom is -0.384 e. The Kier molecular flexibility index (Phi) is 1.04. The van der Waals surface area contributed by atoms with E-state index in [4.69, 9.17) is 0 Å². The van der Waals surface area contributed by atoms with Gasteiger partial charge in [-0.1, -0.05) is 6.08 Å². The van der Waals surface area contributed by atoms with E-state index in [1.165, 1.54) is 0 Å². The second-order valence-electron chi connectivity index (χ2n) is 3.16. The van der Waals surface area contributed by atoms with Crippen molar-refractivity contribution in [3.63, 3.8) is 0 Å². The third-order valence-corrected chi connectivity index (χ3v) is 2.69. The van der Waals surface area contributed by atoms with E-state index in [0.29, 0.717) is 5.57 Å². The van der Waals surface area contributed by atoms with E-state index in [-0.39, 0.29) is 5.92 Å². The van der Waals surface area contributed by atoms with Gasteiger partial charge in [-0.05, 0) is 19.3 Å². The van der Waals surface area contributed by atoms with Crippen LogP contribution in [0.4, 0.5) is 0 Å². The number of carbonyl (C=O) groups is 1. The van der Waals surface area contributed by atoms with E-state index >= 15 is 0 Å². The summed E-state index contributed by atoms with van der Waals surface area (Å²) in [6.07, 6.45) is 5.55. The van der Waals surface area contributed by atoms with E-state index < -0.39 is 5.60 Å². The van der Waals surface area contributed by atoms with Crippen molar-refractivity contribution in [2.24, 2.45) is 5.92 Å². The average Bonchev–Trinajstić information content (AvgIpc) is 2.17. The number of carbonyl (C=O) groups excluding carboxylic acids is 1. The van der Waals surface area contributed by atoms with Crippen LogP contribution < -0.4 is 0 Å². The maximum Gasteiger partial charge on any atom is 0.148 e. The van der Waals surface area contributed by atoms with Gasteiger partial charge in [0.05, 0.1) is 5.60 Å². The van der Waals surface area contributed by atoms with Gasteiger partial charge in [0.2, 0.25) is 0 Å². The summed E-state index contributed by atoms with van der Waals surface area (Å²) in [6.45, 7) is 0. The van der Waals surface area contributed by atoms with Crippen molar-refractivity contribution >= 4 is 6.29 Å². The fraction of sp³-hybridized carbons (Fsp3) is 0.625. The van der Waals surface area contributed by atoms with Gasteiger partial charge in [0.15, 0.2) is 0 Å². The van der Waals surface area contributed by atoms with E-state index in [1.54, 1.807) is 0 Å². The first-order valence-corrected chi connectivity index (χ1v) is 3.67. The van der Waals surface area contributed by atoms with Crippen molar-refractivity contribution < 1.29 is 9.90 Å². The highest BCUT2D eigenvalue weighted by atomic mass is 16.3. The van der Waals surface area contributed by atoms with E-state index in [2.05, 4.69) is 0 Å². The molecule has 2 rings (SSSR count). The molecule has 2 heteroatoms. The number of aliphatic hydroxyl groups is 1. The summed E-state index contributed by atoms with van der Waals surface area (Å²) in [7, 11) is 0. The Hall–Kier alpha value is -0.630. The standard InChI is InChI=1S/C8H10O2/c9-5-7-4-6-2-1-3-8(6,7)10/h4-6,10H,1-3H2. The summed E-state index contributed by atoms with van der Waals surface area (Å²) in [5.41, 5.74) is -0.100. The molecule has 0 heterocycles. The summed E-state index contributed by atoms with van der Waals surface area (Å²) in [4.78, 5) is 10.3. The minimum absolute atomic E-state index is 0.285. The van der Waals surface area contributed by atoms with Crippen LogP contribution in [-0.4, -0.2) is 17.0 Å². The minimum atomic E-state index is -0.707. The third-order valence-electron chi connectivity index (χ3n) is 2.69. The van der Waals surface area contributed by atoms with Crippen LogP contribution in [0.25, 0.3) is 0 Å². The molecule has 2 aliphatic carbocycles. The Morgan fingerprint density at radius 3 is 3.20 bits per heavy atom. The maximum absolute atomic E-state index is 10.3. The lowest BCUT2D eigenvalue weighted by atomic mass is 9.73. The monoisotopic (exact) mass is 138 g/mol. The summed E-state index contributed by atoms with van der Waals surface area (Å²) < 4.78 is 0. The first-order chi connectivity index (χ1) is 4.77. The molecule has 2 aliphatic rings. The highest BCUT2D eigenvalue weighted by molar-refractivity contribution is 5.80. The van der Waals surface area contributed by atoms with Crippen molar-refractivity contribution in [3.05, 3.63) is 11.6 Å². The molecule has 0 bridgehead atoms. The second-order valence-corrected chi connectivity index (χ2v) is 3.16. The van der Waals surface area contributed by atoms with Gasteiger partial charge in [-0.2, -0.15) is 0 Å². The predicted octanol–water partition coefficient (Wildman–Crippen LogP) is 0.656. The first kappa shape index (κ1) is 6.10. The summed E-state index contributed by atoms with van der Waals surface area (Å²) >= 11 is 0. The molecule has 1 fully saturated rings. The van der Waals surface area contributed by atoms with Gasteiger partial charge in [0.25, 0.3) is 0 Å². The summed E-state index contributed by atoms with van der Waals surface area (Å²) in [5.74, 6) is 0.285. The molecule has 0 amide bonds. The normalized spacial score (nSPS) is 43.7. The van der Waals surface area contributed by atoms with Gasteiger partial charge in [-0.25, -0.2) is 0 Å². The van der Waals surface area contributed by atoms with Crippen LogP contribution in [0.1, 0.15) is 19.3 Å². The summed E-state index contributed by atoms with van der Waals surface area (Å²) in [5, 5.41) is 9.71. The predicted molar refractivity (Wildman–Crippen MR) is 36.4 cm³/mol. The fourth-order valence-corrected chi connectivity index (χ4v) is 2.00. The van der Waals surface area contributed by atoms with E-state index in [0.717, 1.165) is 25.5 Å². The Balaban J connectivity index is 2.30. The Labute approximate surface area is 59.5 Å². The van der Waals surface area contributed by atoms with Gasteiger partial charge in [0.1, 0.15) is 6.29 Å². The molecular formula is C8H10O2. The average molecular weight is 138 g/mol. The Bertz CT molecular complexity index is 207. The molecule has 54 valence electrons. The van der Waals surface area contributed by atoms with Crippen LogP contribution in [0, 0.1) is 5.92 Å². The zero-order valence-corrected chi connectivity index (χ0v) is 5.71. The summed E-state index contributed by atoms with van der Waals surface area (Å²) in [6, 6.07) is 0. The highest BCUT2D eigenvalue weighted by Crippen LogP contribution is 2.48. The fourth-order valence-electron chi connectivity index (χ4n) is 2.00. The first-order valence-electron chi connectivity index (χ1n) is 3.67. The lowest BCUT2D eigenvalue weighted by molar-refractivity contribution is -0.108. The molecule has 0 aromatic rings. The van der Waals surface area contributed by atoms with Crippen LogP contribution in [0.2, 0.25) is 0 Å². The molecule has 0 aliphatic heterocycles. The molecule has 0 aromatic heterocycles. The number of hydrogen-bond acceptors (Lipinski definition) is 2. The lowest BCUT2D eigenvalue weighted by Crippen LogP contribution is -2.42. The van der Waals surface area contributed by atoms with Crippen molar-refractivity contribution in [1.29, 1.82) is 0 Å². The van der Waals surface area contributed by atoms with Crippen LogP contribution in [-0.2, 0) is 4.79 Å². The topological polar surface area (TPSA) is 37.3 Å². The van der Waals surface area contributed by atoms with Gasteiger partial charge >= 0.3 is 0 Å². The number of hydrogen-bond donors (Lipinski definition) is 1. The van der Waals surface area contributed by atoms with Gasteiger partial charge in [-0.15, -0.1) is 0 Å². The highest BCUT2D eigenvalue weighted by Gasteiger charge is 2.49. The van der Waals surface area contributed by atoms with Crippen LogP contribution in [0.3, 0.4) is 0 Å². The molecule has 10 heavy (non-hydrogen) atoms. The molecule has 0 aromatic carbocycles. The Morgan fingerprint density at radius 1 is 1.80 bits per heavy atom. The maximum atomic E-state index is 10.3. The van der Waals surface area contributed by atoms with E-state index in [9.17, 15) is 9.90 Å². The smallest absolute Gasteiger partial charge is 0.148 e. The van der Waals surface area contributed by atoms with Gasteiger partial charge in [0, 0.05) is 11.5 Å². The SMILES string of the molecule is O=CC1=CC2CCCC12O. The van der Waals surface area contributed by atoms with Crippen LogP contribution in [0.15, 0.2) is 11.6 Å². The number of rotatable bonds is 1. The second kappa shape index (κ2) is 1.70. The van der Waals surface area contributed by atoms with Crippen molar-refractivity contribution in [2.75, 3.05) is 0 Å². The Morgan fingerprint density at radius 2 is 2.60 bits per heavy atom. The van der Waals surface area contributed by atoms with Crippen LogP contribution in [0.5, 0.6) is 0 Å². The molecule has 2 atom stereocenters. The molecule has 1 saturated carbocycles. The van der Waals surface area contributed by atoms with E-state index in [1.807, 2.05) is 6.08 Å². The van der Waals surface area contributed by atoms with Crippen molar-refractivity contribution in [1.82, 2.24) is 0 Å².